The first kappa shape index (κ1) is 16.0. The Morgan fingerprint density at radius 1 is 1.38 bits per heavy atom. The molecule has 4 nitrogen and oxygen atoms in total. The molecule has 1 fully saturated rings. The first-order valence-electron chi connectivity index (χ1n) is 7.68. The first-order valence-corrected chi connectivity index (χ1v) is 8.56. The Hall–Kier alpha value is -1.36. The van der Waals surface area contributed by atoms with Crippen molar-refractivity contribution in [3.63, 3.8) is 0 Å². The predicted octanol–water partition coefficient (Wildman–Crippen LogP) is 3.32. The lowest BCUT2D eigenvalue weighted by Gasteiger charge is -2.36. The van der Waals surface area contributed by atoms with Gasteiger partial charge in [-0.3, -0.25) is 4.79 Å². The number of rotatable bonds is 6. The average molecular weight is 309 g/mol. The van der Waals surface area contributed by atoms with Gasteiger partial charge >= 0.3 is 5.97 Å². The smallest absolute Gasteiger partial charge is 0.326 e. The summed E-state index contributed by atoms with van der Waals surface area (Å²) in [5, 5.41) is 14.0. The van der Waals surface area contributed by atoms with Crippen molar-refractivity contribution in [3.05, 3.63) is 22.4 Å². The van der Waals surface area contributed by atoms with Crippen LogP contribution in [0.15, 0.2) is 17.5 Å². The highest BCUT2D eigenvalue weighted by molar-refractivity contribution is 7.10. The van der Waals surface area contributed by atoms with Crippen LogP contribution >= 0.6 is 11.3 Å². The van der Waals surface area contributed by atoms with Crippen LogP contribution in [0.4, 0.5) is 0 Å². The van der Waals surface area contributed by atoms with E-state index in [1.54, 1.807) is 11.3 Å². The minimum Gasteiger partial charge on any atom is -0.480 e. The van der Waals surface area contributed by atoms with Crippen molar-refractivity contribution in [1.82, 2.24) is 5.32 Å². The summed E-state index contributed by atoms with van der Waals surface area (Å²) < 4.78 is 0. The topological polar surface area (TPSA) is 66.4 Å². The average Bonchev–Trinajstić information content (AvgIpc) is 3.02. The van der Waals surface area contributed by atoms with Gasteiger partial charge in [-0.2, -0.15) is 0 Å². The molecule has 1 aromatic heterocycles. The van der Waals surface area contributed by atoms with Crippen LogP contribution in [0, 0.1) is 0 Å². The molecule has 0 bridgehead atoms. The largest absolute Gasteiger partial charge is 0.480 e. The highest BCUT2D eigenvalue weighted by atomic mass is 32.1. The van der Waals surface area contributed by atoms with E-state index in [4.69, 9.17) is 0 Å². The summed E-state index contributed by atoms with van der Waals surface area (Å²) in [6.45, 7) is 1.93. The van der Waals surface area contributed by atoms with Crippen molar-refractivity contribution in [3.8, 4) is 0 Å². The molecule has 0 aliphatic heterocycles. The fraction of sp³-hybridized carbons (Fsp3) is 0.625. The summed E-state index contributed by atoms with van der Waals surface area (Å²) in [6.07, 6.45) is 6.05. The van der Waals surface area contributed by atoms with Gasteiger partial charge in [-0.15, -0.1) is 11.3 Å². The molecule has 0 radical (unpaired) electrons. The Morgan fingerprint density at radius 2 is 2.10 bits per heavy atom. The molecule has 1 amide bonds. The highest BCUT2D eigenvalue weighted by Gasteiger charge is 2.43. The van der Waals surface area contributed by atoms with E-state index in [1.807, 2.05) is 24.4 Å². The molecule has 1 heterocycles. The van der Waals surface area contributed by atoms with Crippen LogP contribution in [0.3, 0.4) is 0 Å². The van der Waals surface area contributed by atoms with Gasteiger partial charge in [-0.25, -0.2) is 4.79 Å². The van der Waals surface area contributed by atoms with Crippen molar-refractivity contribution < 1.29 is 14.7 Å². The maximum absolute atomic E-state index is 12.8. The highest BCUT2D eigenvalue weighted by Crippen LogP contribution is 2.41. The minimum absolute atomic E-state index is 0.106. The van der Waals surface area contributed by atoms with Crippen molar-refractivity contribution in [2.75, 3.05) is 0 Å². The molecule has 1 aliphatic carbocycles. The molecular weight excluding hydrogens is 286 g/mol. The Balaban J connectivity index is 2.21. The lowest BCUT2D eigenvalue weighted by Crippen LogP contribution is -2.51. The summed E-state index contributed by atoms with van der Waals surface area (Å²) in [5.74, 6) is -1.05. The Morgan fingerprint density at radius 3 is 2.62 bits per heavy atom. The third-order valence-electron chi connectivity index (χ3n) is 4.32. The van der Waals surface area contributed by atoms with E-state index >= 15 is 0 Å². The van der Waals surface area contributed by atoms with Crippen molar-refractivity contribution in [1.29, 1.82) is 0 Å². The van der Waals surface area contributed by atoms with Gasteiger partial charge in [0.05, 0.1) is 5.41 Å². The van der Waals surface area contributed by atoms with Crippen LogP contribution in [0.2, 0.25) is 0 Å². The van der Waals surface area contributed by atoms with Crippen LogP contribution in [-0.4, -0.2) is 23.0 Å². The number of carbonyl (C=O) groups excluding carboxylic acids is 1. The summed E-state index contributed by atoms with van der Waals surface area (Å²) in [4.78, 5) is 25.2. The molecule has 0 aromatic carbocycles. The van der Waals surface area contributed by atoms with Crippen LogP contribution in [0.25, 0.3) is 0 Å². The lowest BCUT2D eigenvalue weighted by molar-refractivity contribution is -0.143. The van der Waals surface area contributed by atoms with E-state index in [2.05, 4.69) is 5.32 Å². The Kier molecular flexibility index (Phi) is 5.39. The number of hydrogen-bond acceptors (Lipinski definition) is 3. The van der Waals surface area contributed by atoms with E-state index in [0.717, 1.165) is 43.4 Å². The van der Waals surface area contributed by atoms with E-state index in [0.29, 0.717) is 6.42 Å². The zero-order valence-electron chi connectivity index (χ0n) is 12.4. The maximum Gasteiger partial charge on any atom is 0.326 e. The van der Waals surface area contributed by atoms with Gasteiger partial charge in [0.15, 0.2) is 0 Å². The molecule has 1 atom stereocenters. The first-order chi connectivity index (χ1) is 10.1. The van der Waals surface area contributed by atoms with Gasteiger partial charge in [0.1, 0.15) is 6.04 Å². The molecule has 0 spiro atoms. The molecule has 2 N–H and O–H groups in total. The predicted molar refractivity (Wildman–Crippen MR) is 83.6 cm³/mol. The molecule has 1 aliphatic rings. The summed E-state index contributed by atoms with van der Waals surface area (Å²) in [6, 6.07) is 3.19. The summed E-state index contributed by atoms with van der Waals surface area (Å²) >= 11 is 1.60. The number of carbonyl (C=O) groups is 2. The Bertz CT molecular complexity index is 478. The summed E-state index contributed by atoms with van der Waals surface area (Å²) in [7, 11) is 0. The number of amides is 1. The number of carboxylic acids is 1. The molecule has 116 valence electrons. The van der Waals surface area contributed by atoms with Crippen LogP contribution in [-0.2, 0) is 15.0 Å². The van der Waals surface area contributed by atoms with Crippen LogP contribution < -0.4 is 5.32 Å². The van der Waals surface area contributed by atoms with Gasteiger partial charge < -0.3 is 10.4 Å². The van der Waals surface area contributed by atoms with Crippen LogP contribution in [0.5, 0.6) is 0 Å². The number of nitrogens with one attached hydrogen (secondary N) is 1. The number of hydrogen-bond donors (Lipinski definition) is 2. The van der Waals surface area contributed by atoms with E-state index in [1.165, 1.54) is 0 Å². The number of aliphatic carboxylic acids is 1. The standard InChI is InChI=1S/C16H23NO3S/c1-2-7-12(14(18)19)17-15(20)16(9-4-3-5-10-16)13-8-6-11-21-13/h6,8,11-12H,2-5,7,9-10H2,1H3,(H,17,20)(H,18,19). The minimum atomic E-state index is -0.942. The second-order valence-corrected chi connectivity index (χ2v) is 6.72. The molecule has 2 rings (SSSR count). The lowest BCUT2D eigenvalue weighted by atomic mass is 9.72. The normalized spacial score (nSPS) is 18.9. The second-order valence-electron chi connectivity index (χ2n) is 5.77. The second kappa shape index (κ2) is 7.07. The third kappa shape index (κ3) is 3.46. The molecule has 5 heteroatoms. The van der Waals surface area contributed by atoms with E-state index < -0.39 is 17.4 Å². The SMILES string of the molecule is CCCC(NC(=O)C1(c2cccs2)CCCCC1)C(=O)O. The molecule has 1 unspecified atom stereocenters. The molecule has 21 heavy (non-hydrogen) atoms. The quantitative estimate of drug-likeness (QED) is 0.847. The summed E-state index contributed by atoms with van der Waals surface area (Å²) in [5.41, 5.74) is -0.520. The molecule has 1 aromatic rings. The van der Waals surface area contributed by atoms with Gasteiger partial charge in [0.2, 0.25) is 5.91 Å². The van der Waals surface area contributed by atoms with Gasteiger partial charge in [0.25, 0.3) is 0 Å². The van der Waals surface area contributed by atoms with Crippen molar-refractivity contribution in [2.24, 2.45) is 0 Å². The zero-order valence-corrected chi connectivity index (χ0v) is 13.2. The fourth-order valence-corrected chi connectivity index (χ4v) is 4.12. The van der Waals surface area contributed by atoms with Crippen LogP contribution in [0.1, 0.15) is 56.7 Å². The third-order valence-corrected chi connectivity index (χ3v) is 5.39. The molecule has 0 saturated heterocycles. The van der Waals surface area contributed by atoms with E-state index in [-0.39, 0.29) is 5.91 Å². The molecule has 1 saturated carbocycles. The zero-order chi connectivity index (χ0) is 15.3. The van der Waals surface area contributed by atoms with Crippen molar-refractivity contribution >= 4 is 23.2 Å². The number of thiophene rings is 1. The maximum atomic E-state index is 12.8. The monoisotopic (exact) mass is 309 g/mol. The fourth-order valence-electron chi connectivity index (χ4n) is 3.13. The van der Waals surface area contributed by atoms with E-state index in [9.17, 15) is 14.7 Å². The molecular formula is C16H23NO3S. The Labute approximate surface area is 129 Å². The van der Waals surface area contributed by atoms with Crippen molar-refractivity contribution in [2.45, 2.75) is 63.3 Å². The van der Waals surface area contributed by atoms with Gasteiger partial charge in [0, 0.05) is 4.88 Å². The van der Waals surface area contributed by atoms with Gasteiger partial charge in [-0.1, -0.05) is 38.7 Å². The number of carboxylic acid groups (broad SMARTS) is 1. The van der Waals surface area contributed by atoms with Gasteiger partial charge in [-0.05, 0) is 30.7 Å².